The number of amides is 1. The zero-order valence-corrected chi connectivity index (χ0v) is 15.4. The van der Waals surface area contributed by atoms with Crippen LogP contribution in [0.15, 0.2) is 24.3 Å². The van der Waals surface area contributed by atoms with E-state index in [4.69, 9.17) is 16.3 Å². The normalized spacial score (nSPS) is 21.8. The number of esters is 1. The third-order valence-electron chi connectivity index (χ3n) is 4.87. The standard InChI is InChI=1S/C19H26ClNO3/c1-13-7-4-5-10-17(13)21(12-14(2)19(23)24-3)18(22)15-8-6-9-16(20)11-15/h6,8-9,11,13-14,17H,4-5,7,10,12H2,1-3H3. The number of halogens is 1. The Bertz CT molecular complexity index is 590. The van der Waals surface area contributed by atoms with E-state index in [0.29, 0.717) is 23.0 Å². The monoisotopic (exact) mass is 351 g/mol. The van der Waals surface area contributed by atoms with Gasteiger partial charge in [0.15, 0.2) is 0 Å². The minimum absolute atomic E-state index is 0.0630. The minimum atomic E-state index is -0.354. The molecule has 0 radical (unpaired) electrons. The lowest BCUT2D eigenvalue weighted by Gasteiger charge is -2.39. The van der Waals surface area contributed by atoms with E-state index in [2.05, 4.69) is 6.92 Å². The first-order chi connectivity index (χ1) is 11.4. The molecule has 1 saturated carbocycles. The molecule has 2 rings (SSSR count). The minimum Gasteiger partial charge on any atom is -0.469 e. The number of carbonyl (C=O) groups excluding carboxylic acids is 2. The summed E-state index contributed by atoms with van der Waals surface area (Å²) >= 11 is 6.04. The summed E-state index contributed by atoms with van der Waals surface area (Å²) in [6, 6.07) is 7.15. The zero-order valence-electron chi connectivity index (χ0n) is 14.6. The van der Waals surface area contributed by atoms with Gasteiger partial charge < -0.3 is 9.64 Å². The molecule has 3 unspecified atom stereocenters. The van der Waals surface area contributed by atoms with Gasteiger partial charge in [0.25, 0.3) is 5.91 Å². The van der Waals surface area contributed by atoms with Crippen molar-refractivity contribution in [1.82, 2.24) is 4.90 Å². The molecule has 0 aliphatic heterocycles. The molecule has 1 aromatic rings. The molecule has 1 fully saturated rings. The summed E-state index contributed by atoms with van der Waals surface area (Å²) in [7, 11) is 1.38. The van der Waals surface area contributed by atoms with Crippen LogP contribution in [-0.4, -0.2) is 36.5 Å². The second kappa shape index (κ2) is 8.52. The molecule has 1 aliphatic rings. The van der Waals surface area contributed by atoms with Gasteiger partial charge in [-0.05, 0) is 37.0 Å². The van der Waals surface area contributed by atoms with Gasteiger partial charge >= 0.3 is 5.97 Å². The fraction of sp³-hybridized carbons (Fsp3) is 0.579. The Balaban J connectivity index is 2.27. The molecular formula is C19H26ClNO3. The van der Waals surface area contributed by atoms with E-state index in [-0.39, 0.29) is 23.8 Å². The van der Waals surface area contributed by atoms with E-state index < -0.39 is 0 Å². The molecular weight excluding hydrogens is 326 g/mol. The maximum Gasteiger partial charge on any atom is 0.310 e. The Morgan fingerprint density at radius 3 is 2.67 bits per heavy atom. The summed E-state index contributed by atoms with van der Waals surface area (Å²) in [6.07, 6.45) is 4.39. The smallest absolute Gasteiger partial charge is 0.310 e. The largest absolute Gasteiger partial charge is 0.469 e. The average molecular weight is 352 g/mol. The van der Waals surface area contributed by atoms with Gasteiger partial charge in [-0.1, -0.05) is 44.4 Å². The molecule has 132 valence electrons. The van der Waals surface area contributed by atoms with Gasteiger partial charge in [-0.3, -0.25) is 9.59 Å². The molecule has 0 saturated heterocycles. The first kappa shape index (κ1) is 18.8. The van der Waals surface area contributed by atoms with Crippen LogP contribution < -0.4 is 0 Å². The van der Waals surface area contributed by atoms with Crippen LogP contribution in [0.1, 0.15) is 49.9 Å². The van der Waals surface area contributed by atoms with Crippen molar-refractivity contribution in [3.8, 4) is 0 Å². The second-order valence-electron chi connectivity index (χ2n) is 6.72. The molecule has 5 heteroatoms. The van der Waals surface area contributed by atoms with Crippen LogP contribution in [-0.2, 0) is 9.53 Å². The number of carbonyl (C=O) groups is 2. The highest BCUT2D eigenvalue weighted by Crippen LogP contribution is 2.30. The van der Waals surface area contributed by atoms with Crippen molar-refractivity contribution in [3.05, 3.63) is 34.9 Å². The molecule has 0 bridgehead atoms. The molecule has 24 heavy (non-hydrogen) atoms. The summed E-state index contributed by atoms with van der Waals surface area (Å²) in [5, 5.41) is 0.540. The number of ether oxygens (including phenoxy) is 1. The van der Waals surface area contributed by atoms with E-state index in [1.54, 1.807) is 31.2 Å². The van der Waals surface area contributed by atoms with Crippen molar-refractivity contribution in [1.29, 1.82) is 0 Å². The Kier molecular flexibility index (Phi) is 6.67. The van der Waals surface area contributed by atoms with Crippen LogP contribution in [0.5, 0.6) is 0 Å². The average Bonchev–Trinajstić information content (AvgIpc) is 2.59. The Hall–Kier alpha value is -1.55. The maximum absolute atomic E-state index is 13.1. The van der Waals surface area contributed by atoms with E-state index in [9.17, 15) is 9.59 Å². The van der Waals surface area contributed by atoms with E-state index in [1.165, 1.54) is 13.5 Å². The van der Waals surface area contributed by atoms with Crippen LogP contribution >= 0.6 is 11.6 Å². The first-order valence-electron chi connectivity index (χ1n) is 8.58. The van der Waals surface area contributed by atoms with Gasteiger partial charge in [0.1, 0.15) is 0 Å². The van der Waals surface area contributed by atoms with E-state index in [1.807, 2.05) is 4.90 Å². The predicted molar refractivity (Wildman–Crippen MR) is 95.1 cm³/mol. The Morgan fingerprint density at radius 1 is 1.33 bits per heavy atom. The van der Waals surface area contributed by atoms with Crippen LogP contribution in [0, 0.1) is 11.8 Å². The van der Waals surface area contributed by atoms with Crippen LogP contribution in [0.4, 0.5) is 0 Å². The molecule has 3 atom stereocenters. The molecule has 0 heterocycles. The summed E-state index contributed by atoms with van der Waals surface area (Å²) in [4.78, 5) is 26.8. The number of benzene rings is 1. The van der Waals surface area contributed by atoms with Gasteiger partial charge in [-0.25, -0.2) is 0 Å². The SMILES string of the molecule is COC(=O)C(C)CN(C(=O)c1cccc(Cl)c1)C1CCCCC1C. The highest BCUT2D eigenvalue weighted by molar-refractivity contribution is 6.30. The lowest BCUT2D eigenvalue weighted by molar-refractivity contribution is -0.145. The number of rotatable bonds is 5. The van der Waals surface area contributed by atoms with Crippen molar-refractivity contribution in [3.63, 3.8) is 0 Å². The Morgan fingerprint density at radius 2 is 2.04 bits per heavy atom. The highest BCUT2D eigenvalue weighted by Gasteiger charge is 2.33. The molecule has 1 amide bonds. The van der Waals surface area contributed by atoms with E-state index >= 15 is 0 Å². The van der Waals surface area contributed by atoms with Crippen LogP contribution in [0.3, 0.4) is 0 Å². The fourth-order valence-electron chi connectivity index (χ4n) is 3.49. The zero-order chi connectivity index (χ0) is 17.7. The number of nitrogens with zero attached hydrogens (tertiary/aromatic N) is 1. The summed E-state index contributed by atoms with van der Waals surface area (Å²) in [5.41, 5.74) is 0.567. The van der Waals surface area contributed by atoms with Gasteiger partial charge in [-0.2, -0.15) is 0 Å². The Labute approximate surface area is 149 Å². The molecule has 4 nitrogen and oxygen atoms in total. The number of hydrogen-bond donors (Lipinski definition) is 0. The fourth-order valence-corrected chi connectivity index (χ4v) is 3.68. The lowest BCUT2D eigenvalue weighted by atomic mass is 9.84. The number of methoxy groups -OCH3 is 1. The van der Waals surface area contributed by atoms with Crippen molar-refractivity contribution in [2.75, 3.05) is 13.7 Å². The molecule has 0 spiro atoms. The first-order valence-corrected chi connectivity index (χ1v) is 8.96. The van der Waals surface area contributed by atoms with Gasteiger partial charge in [0.2, 0.25) is 0 Å². The quantitative estimate of drug-likeness (QED) is 0.748. The van der Waals surface area contributed by atoms with Gasteiger partial charge in [0.05, 0.1) is 13.0 Å². The van der Waals surface area contributed by atoms with Gasteiger partial charge in [0, 0.05) is 23.2 Å². The van der Waals surface area contributed by atoms with Gasteiger partial charge in [-0.15, -0.1) is 0 Å². The number of hydrogen-bond acceptors (Lipinski definition) is 3. The van der Waals surface area contributed by atoms with Crippen LogP contribution in [0.2, 0.25) is 5.02 Å². The second-order valence-corrected chi connectivity index (χ2v) is 7.16. The summed E-state index contributed by atoms with van der Waals surface area (Å²) in [6.45, 7) is 4.36. The highest BCUT2D eigenvalue weighted by atomic mass is 35.5. The third kappa shape index (κ3) is 4.50. The van der Waals surface area contributed by atoms with Crippen molar-refractivity contribution in [2.45, 2.75) is 45.6 Å². The van der Waals surface area contributed by atoms with Crippen molar-refractivity contribution in [2.24, 2.45) is 11.8 Å². The molecule has 0 N–H and O–H groups in total. The summed E-state index contributed by atoms with van der Waals surface area (Å²) in [5.74, 6) is -0.284. The molecule has 0 aromatic heterocycles. The topological polar surface area (TPSA) is 46.6 Å². The van der Waals surface area contributed by atoms with Crippen LogP contribution in [0.25, 0.3) is 0 Å². The molecule has 1 aromatic carbocycles. The van der Waals surface area contributed by atoms with Crippen molar-refractivity contribution < 1.29 is 14.3 Å². The van der Waals surface area contributed by atoms with Crippen molar-refractivity contribution >= 4 is 23.5 Å². The predicted octanol–water partition coefficient (Wildman–Crippen LogP) is 4.17. The summed E-state index contributed by atoms with van der Waals surface area (Å²) < 4.78 is 4.83. The lowest BCUT2D eigenvalue weighted by Crippen LogP contribution is -2.48. The third-order valence-corrected chi connectivity index (χ3v) is 5.11. The molecule has 1 aliphatic carbocycles. The van der Waals surface area contributed by atoms with E-state index in [0.717, 1.165) is 19.3 Å². The maximum atomic E-state index is 13.1.